The highest BCUT2D eigenvalue weighted by atomic mass is 16.5. The van der Waals surface area contributed by atoms with E-state index in [1.54, 1.807) is 14.2 Å². The van der Waals surface area contributed by atoms with E-state index in [0.717, 1.165) is 23.1 Å². The maximum Gasteiger partial charge on any atom is 0.338 e. The van der Waals surface area contributed by atoms with Gasteiger partial charge in [-0.05, 0) is 48.7 Å². The molecule has 2 aromatic rings. The summed E-state index contributed by atoms with van der Waals surface area (Å²) in [5.41, 5.74) is 3.79. The molecule has 8 nitrogen and oxygen atoms in total. The first kappa shape index (κ1) is 23.1. The summed E-state index contributed by atoms with van der Waals surface area (Å²) >= 11 is 0. The molecule has 0 spiro atoms. The summed E-state index contributed by atoms with van der Waals surface area (Å²) in [7, 11) is 4.54. The Morgan fingerprint density at radius 3 is 2.50 bits per heavy atom. The lowest BCUT2D eigenvalue weighted by atomic mass is 9.92. The zero-order valence-electron chi connectivity index (χ0n) is 18.8. The van der Waals surface area contributed by atoms with Gasteiger partial charge in [-0.15, -0.1) is 0 Å². The van der Waals surface area contributed by atoms with E-state index in [9.17, 15) is 9.59 Å². The van der Waals surface area contributed by atoms with E-state index in [2.05, 4.69) is 16.0 Å². The van der Waals surface area contributed by atoms with E-state index in [0.29, 0.717) is 35.9 Å². The molecular formula is C24H29N3O5. The summed E-state index contributed by atoms with van der Waals surface area (Å²) in [4.78, 5) is 25.0. The van der Waals surface area contributed by atoms with Gasteiger partial charge in [0.1, 0.15) is 0 Å². The fourth-order valence-corrected chi connectivity index (χ4v) is 3.73. The summed E-state index contributed by atoms with van der Waals surface area (Å²) in [6, 6.07) is 12.5. The molecule has 1 aliphatic rings. The van der Waals surface area contributed by atoms with E-state index < -0.39 is 12.0 Å². The SMILES string of the molecule is COC(=O)C1=C(CNCCc2ccc(OC)c(OC)c2)NC(=O)NC1c1ccccc1C. The highest BCUT2D eigenvalue weighted by molar-refractivity contribution is 5.95. The Hall–Kier alpha value is -3.52. The molecule has 0 aliphatic carbocycles. The maximum atomic E-state index is 12.6. The number of methoxy groups -OCH3 is 3. The third kappa shape index (κ3) is 5.20. The fraction of sp³-hybridized carbons (Fsp3) is 0.333. The number of carbonyl (C=O) groups is 2. The van der Waals surface area contributed by atoms with Gasteiger partial charge in [0.15, 0.2) is 11.5 Å². The Bertz CT molecular complexity index is 1020. The highest BCUT2D eigenvalue weighted by Gasteiger charge is 2.33. The highest BCUT2D eigenvalue weighted by Crippen LogP contribution is 2.30. The van der Waals surface area contributed by atoms with Crippen LogP contribution in [0.1, 0.15) is 22.7 Å². The molecule has 1 atom stereocenters. The van der Waals surface area contributed by atoms with Crippen LogP contribution in [0.4, 0.5) is 4.79 Å². The quantitative estimate of drug-likeness (QED) is 0.411. The van der Waals surface area contributed by atoms with E-state index in [-0.39, 0.29) is 6.03 Å². The number of esters is 1. The minimum absolute atomic E-state index is 0.313. The van der Waals surface area contributed by atoms with Gasteiger partial charge in [0, 0.05) is 12.2 Å². The van der Waals surface area contributed by atoms with E-state index >= 15 is 0 Å². The van der Waals surface area contributed by atoms with Gasteiger partial charge in [-0.2, -0.15) is 0 Å². The van der Waals surface area contributed by atoms with Crippen molar-refractivity contribution in [3.63, 3.8) is 0 Å². The molecule has 2 aromatic carbocycles. The van der Waals surface area contributed by atoms with Crippen LogP contribution in [0.15, 0.2) is 53.7 Å². The molecule has 0 fully saturated rings. The second kappa shape index (κ2) is 10.7. The summed E-state index contributed by atoms with van der Waals surface area (Å²) in [5, 5.41) is 8.91. The number of nitrogens with one attached hydrogen (secondary N) is 3. The molecule has 2 amide bonds. The lowest BCUT2D eigenvalue weighted by Gasteiger charge is -2.30. The monoisotopic (exact) mass is 439 g/mol. The van der Waals surface area contributed by atoms with Crippen LogP contribution in [0.3, 0.4) is 0 Å². The number of ether oxygens (including phenoxy) is 3. The van der Waals surface area contributed by atoms with Crippen LogP contribution in [-0.2, 0) is 16.0 Å². The number of hydrogen-bond donors (Lipinski definition) is 3. The fourth-order valence-electron chi connectivity index (χ4n) is 3.73. The zero-order valence-corrected chi connectivity index (χ0v) is 18.8. The van der Waals surface area contributed by atoms with Crippen LogP contribution in [0.2, 0.25) is 0 Å². The van der Waals surface area contributed by atoms with Gasteiger partial charge in [-0.25, -0.2) is 9.59 Å². The number of hydrogen-bond acceptors (Lipinski definition) is 6. The van der Waals surface area contributed by atoms with E-state index in [1.807, 2.05) is 49.4 Å². The molecule has 1 unspecified atom stereocenters. The first-order valence-electron chi connectivity index (χ1n) is 10.3. The van der Waals surface area contributed by atoms with Gasteiger partial charge in [0.2, 0.25) is 0 Å². The van der Waals surface area contributed by atoms with Crippen molar-refractivity contribution < 1.29 is 23.8 Å². The topological polar surface area (TPSA) is 97.9 Å². The normalized spacial score (nSPS) is 15.6. The van der Waals surface area contributed by atoms with Crippen molar-refractivity contribution in [3.05, 3.63) is 70.4 Å². The van der Waals surface area contributed by atoms with Gasteiger partial charge < -0.3 is 30.2 Å². The van der Waals surface area contributed by atoms with Crippen molar-refractivity contribution in [2.24, 2.45) is 0 Å². The number of urea groups is 1. The lowest BCUT2D eigenvalue weighted by molar-refractivity contribution is -0.136. The Labute approximate surface area is 187 Å². The number of benzene rings is 2. The van der Waals surface area contributed by atoms with Gasteiger partial charge in [-0.3, -0.25) is 0 Å². The Morgan fingerprint density at radius 1 is 1.06 bits per heavy atom. The number of carbonyl (C=O) groups excluding carboxylic acids is 2. The largest absolute Gasteiger partial charge is 0.493 e. The van der Waals surface area contributed by atoms with Crippen molar-refractivity contribution in [3.8, 4) is 11.5 Å². The predicted octanol–water partition coefficient (Wildman–Crippen LogP) is 2.63. The minimum Gasteiger partial charge on any atom is -0.493 e. The van der Waals surface area contributed by atoms with Crippen molar-refractivity contribution >= 4 is 12.0 Å². The van der Waals surface area contributed by atoms with Crippen LogP contribution >= 0.6 is 0 Å². The number of aryl methyl sites for hydroxylation is 1. The van der Waals surface area contributed by atoms with Crippen molar-refractivity contribution in [2.75, 3.05) is 34.4 Å². The average molecular weight is 440 g/mol. The zero-order chi connectivity index (χ0) is 23.1. The second-order valence-electron chi connectivity index (χ2n) is 7.39. The van der Waals surface area contributed by atoms with Crippen molar-refractivity contribution in [2.45, 2.75) is 19.4 Å². The van der Waals surface area contributed by atoms with Gasteiger partial charge in [0.05, 0.1) is 32.9 Å². The molecule has 32 heavy (non-hydrogen) atoms. The molecule has 0 saturated carbocycles. The molecule has 0 saturated heterocycles. The number of rotatable bonds is 9. The van der Waals surface area contributed by atoms with Crippen LogP contribution in [0.25, 0.3) is 0 Å². The third-order valence-corrected chi connectivity index (χ3v) is 5.40. The molecule has 3 N–H and O–H groups in total. The molecule has 170 valence electrons. The van der Waals surface area contributed by atoms with Crippen LogP contribution in [0.5, 0.6) is 11.5 Å². The molecule has 1 aliphatic heterocycles. The Morgan fingerprint density at radius 2 is 1.81 bits per heavy atom. The van der Waals surface area contributed by atoms with E-state index in [1.165, 1.54) is 7.11 Å². The first-order chi connectivity index (χ1) is 15.5. The smallest absolute Gasteiger partial charge is 0.338 e. The van der Waals surface area contributed by atoms with Crippen LogP contribution in [-0.4, -0.2) is 46.4 Å². The predicted molar refractivity (Wildman–Crippen MR) is 121 cm³/mol. The average Bonchev–Trinajstić information content (AvgIpc) is 2.81. The van der Waals surface area contributed by atoms with Crippen molar-refractivity contribution in [1.82, 2.24) is 16.0 Å². The molecule has 1 heterocycles. The standard InChI is InChI=1S/C24H29N3O5/c1-15-7-5-6-8-17(15)22-21(23(28)32-4)18(26-24(29)27-22)14-25-12-11-16-9-10-19(30-2)20(13-16)31-3/h5-10,13,22,25H,11-12,14H2,1-4H3,(H2,26,27,29). The van der Waals surface area contributed by atoms with Gasteiger partial charge >= 0.3 is 12.0 Å². The second-order valence-corrected chi connectivity index (χ2v) is 7.39. The maximum absolute atomic E-state index is 12.6. The number of amides is 2. The lowest BCUT2D eigenvalue weighted by Crippen LogP contribution is -2.48. The van der Waals surface area contributed by atoms with E-state index in [4.69, 9.17) is 14.2 Å². The minimum atomic E-state index is -0.583. The molecule has 8 heteroatoms. The van der Waals surface area contributed by atoms with Crippen LogP contribution < -0.4 is 25.4 Å². The van der Waals surface area contributed by atoms with Crippen molar-refractivity contribution in [1.29, 1.82) is 0 Å². The van der Waals surface area contributed by atoms with Gasteiger partial charge in [-0.1, -0.05) is 30.3 Å². The molecule has 0 aromatic heterocycles. The summed E-state index contributed by atoms with van der Waals surface area (Å²) in [5.74, 6) is 0.867. The van der Waals surface area contributed by atoms with Gasteiger partial charge in [0.25, 0.3) is 0 Å². The Kier molecular flexibility index (Phi) is 7.72. The summed E-state index contributed by atoms with van der Waals surface area (Å²) in [6.45, 7) is 2.89. The summed E-state index contributed by atoms with van der Waals surface area (Å²) < 4.78 is 15.6. The van der Waals surface area contributed by atoms with Crippen LogP contribution in [0, 0.1) is 6.92 Å². The first-order valence-corrected chi connectivity index (χ1v) is 10.3. The molecule has 3 rings (SSSR count). The summed E-state index contributed by atoms with van der Waals surface area (Å²) in [6.07, 6.45) is 0.731. The molecular weight excluding hydrogens is 410 g/mol. The Balaban J connectivity index is 1.76. The molecule has 0 bridgehead atoms. The molecule has 0 radical (unpaired) electrons. The third-order valence-electron chi connectivity index (χ3n) is 5.40.